The van der Waals surface area contributed by atoms with Crippen molar-refractivity contribution in [1.82, 2.24) is 10.2 Å². The molecule has 0 saturated carbocycles. The maximum Gasteiger partial charge on any atom is 0.0218 e. The maximum absolute atomic E-state index is 3.67. The van der Waals surface area contributed by atoms with E-state index in [1.54, 1.807) is 0 Å². The van der Waals surface area contributed by atoms with Crippen LogP contribution in [0, 0.1) is 5.92 Å². The van der Waals surface area contributed by atoms with Crippen LogP contribution < -0.4 is 5.32 Å². The van der Waals surface area contributed by atoms with E-state index in [-0.39, 0.29) is 0 Å². The van der Waals surface area contributed by atoms with E-state index < -0.39 is 0 Å². The van der Waals surface area contributed by atoms with E-state index in [1.165, 1.54) is 44.5 Å². The van der Waals surface area contributed by atoms with Crippen molar-refractivity contribution >= 4 is 11.8 Å². The van der Waals surface area contributed by atoms with E-state index in [0.29, 0.717) is 12.1 Å². The van der Waals surface area contributed by atoms with Crippen LogP contribution in [0.4, 0.5) is 0 Å². The van der Waals surface area contributed by atoms with Crippen molar-refractivity contribution < 1.29 is 0 Å². The molecule has 2 unspecified atom stereocenters. The van der Waals surface area contributed by atoms with E-state index in [1.807, 2.05) is 11.8 Å². The number of nitrogens with one attached hydrogen (secondary N) is 1. The summed E-state index contributed by atoms with van der Waals surface area (Å²) in [4.78, 5) is 2.69. The molecule has 3 heteroatoms. The third-order valence-electron chi connectivity index (χ3n) is 4.08. The van der Waals surface area contributed by atoms with Gasteiger partial charge in [0.1, 0.15) is 0 Å². The summed E-state index contributed by atoms with van der Waals surface area (Å²) in [5.74, 6) is 2.08. The van der Waals surface area contributed by atoms with Gasteiger partial charge >= 0.3 is 0 Å². The van der Waals surface area contributed by atoms with Gasteiger partial charge in [-0.1, -0.05) is 26.7 Å². The maximum atomic E-state index is 3.67. The van der Waals surface area contributed by atoms with Gasteiger partial charge in [0.05, 0.1) is 0 Å². The number of nitrogens with zero attached hydrogens (tertiary/aromatic N) is 1. The minimum Gasteiger partial charge on any atom is -0.311 e. The molecule has 1 saturated heterocycles. The Morgan fingerprint density at radius 2 is 1.94 bits per heavy atom. The van der Waals surface area contributed by atoms with Crippen LogP contribution in [-0.4, -0.2) is 48.6 Å². The average molecular weight is 273 g/mol. The van der Waals surface area contributed by atoms with Gasteiger partial charge in [-0.3, -0.25) is 4.90 Å². The zero-order chi connectivity index (χ0) is 13.4. The first-order valence-corrected chi connectivity index (χ1v) is 9.01. The summed E-state index contributed by atoms with van der Waals surface area (Å²) in [7, 11) is 0. The Morgan fingerprint density at radius 3 is 2.61 bits per heavy atom. The molecule has 1 fully saturated rings. The van der Waals surface area contributed by atoms with Gasteiger partial charge in [-0.15, -0.1) is 0 Å². The van der Waals surface area contributed by atoms with Crippen molar-refractivity contribution in [2.24, 2.45) is 5.92 Å². The van der Waals surface area contributed by atoms with Crippen LogP contribution in [0.3, 0.4) is 0 Å². The van der Waals surface area contributed by atoms with Crippen LogP contribution in [0.1, 0.15) is 46.5 Å². The predicted octanol–water partition coefficient (Wildman–Crippen LogP) is 3.23. The van der Waals surface area contributed by atoms with E-state index in [0.717, 1.165) is 12.5 Å². The zero-order valence-corrected chi connectivity index (χ0v) is 13.6. The lowest BCUT2D eigenvalue weighted by atomic mass is 9.99. The highest BCUT2D eigenvalue weighted by molar-refractivity contribution is 7.98. The second-order valence-electron chi connectivity index (χ2n) is 6.01. The Kier molecular flexibility index (Phi) is 8.36. The molecule has 2 atom stereocenters. The van der Waals surface area contributed by atoms with Gasteiger partial charge < -0.3 is 5.32 Å². The van der Waals surface area contributed by atoms with Crippen molar-refractivity contribution in [1.29, 1.82) is 0 Å². The van der Waals surface area contributed by atoms with Crippen LogP contribution >= 0.6 is 11.8 Å². The van der Waals surface area contributed by atoms with Crippen LogP contribution in [-0.2, 0) is 0 Å². The van der Waals surface area contributed by atoms with Gasteiger partial charge in [0.2, 0.25) is 0 Å². The van der Waals surface area contributed by atoms with Gasteiger partial charge in [0, 0.05) is 25.2 Å². The van der Waals surface area contributed by atoms with Gasteiger partial charge in [-0.05, 0) is 44.2 Å². The number of rotatable bonds is 8. The fourth-order valence-electron chi connectivity index (χ4n) is 2.62. The molecule has 0 spiro atoms. The van der Waals surface area contributed by atoms with Crippen molar-refractivity contribution in [3.63, 3.8) is 0 Å². The highest BCUT2D eigenvalue weighted by Crippen LogP contribution is 2.14. The second kappa shape index (κ2) is 9.22. The second-order valence-corrected chi connectivity index (χ2v) is 7.00. The summed E-state index contributed by atoms with van der Waals surface area (Å²) in [5.41, 5.74) is 0. The number of unbranched alkanes of at least 4 members (excludes halogenated alkanes) is 3. The fraction of sp³-hybridized carbons (Fsp3) is 1.00. The standard InChI is InChI=1S/C15H32N2S/c1-13(2)15-12-17(14(3)11-16-15)9-7-5-6-8-10-18-4/h13-16H,5-12H2,1-4H3. The van der Waals surface area contributed by atoms with Gasteiger partial charge in [0.15, 0.2) is 0 Å². The van der Waals surface area contributed by atoms with Crippen molar-refractivity contribution in [3.05, 3.63) is 0 Å². The van der Waals surface area contributed by atoms with Gasteiger partial charge in [0.25, 0.3) is 0 Å². The summed E-state index contributed by atoms with van der Waals surface area (Å²) in [6.07, 6.45) is 7.80. The number of hydrogen-bond donors (Lipinski definition) is 1. The molecule has 0 amide bonds. The highest BCUT2D eigenvalue weighted by Gasteiger charge is 2.25. The quantitative estimate of drug-likeness (QED) is 0.683. The molecular weight excluding hydrogens is 240 g/mol. The van der Waals surface area contributed by atoms with E-state index in [9.17, 15) is 0 Å². The van der Waals surface area contributed by atoms with E-state index in [4.69, 9.17) is 0 Å². The van der Waals surface area contributed by atoms with Crippen molar-refractivity contribution in [3.8, 4) is 0 Å². The van der Waals surface area contributed by atoms with Crippen LogP contribution in [0.25, 0.3) is 0 Å². The third kappa shape index (κ3) is 5.94. The lowest BCUT2D eigenvalue weighted by molar-refractivity contribution is 0.121. The average Bonchev–Trinajstić information content (AvgIpc) is 2.35. The lowest BCUT2D eigenvalue weighted by Crippen LogP contribution is -2.57. The molecule has 1 aliphatic heterocycles. The van der Waals surface area contributed by atoms with Crippen LogP contribution in [0.15, 0.2) is 0 Å². The SMILES string of the molecule is CSCCCCCCN1CC(C(C)C)NCC1C. The van der Waals surface area contributed by atoms with Crippen molar-refractivity contribution in [2.45, 2.75) is 58.5 Å². The van der Waals surface area contributed by atoms with E-state index >= 15 is 0 Å². The Morgan fingerprint density at radius 1 is 1.22 bits per heavy atom. The predicted molar refractivity (Wildman–Crippen MR) is 84.5 cm³/mol. The largest absolute Gasteiger partial charge is 0.311 e. The summed E-state index contributed by atoms with van der Waals surface area (Å²) >= 11 is 1.97. The molecule has 0 aromatic rings. The molecule has 1 N–H and O–H groups in total. The first kappa shape index (κ1) is 16.3. The fourth-order valence-corrected chi connectivity index (χ4v) is 3.11. The molecule has 0 aromatic heterocycles. The summed E-state index contributed by atoms with van der Waals surface area (Å²) in [5, 5.41) is 3.67. The first-order valence-electron chi connectivity index (χ1n) is 7.61. The monoisotopic (exact) mass is 272 g/mol. The summed E-state index contributed by atoms with van der Waals surface area (Å²) in [6.45, 7) is 10.7. The molecular formula is C15H32N2S. The molecule has 0 bridgehead atoms. The Balaban J connectivity index is 2.15. The number of piperazine rings is 1. The number of thioether (sulfide) groups is 1. The topological polar surface area (TPSA) is 15.3 Å². The Labute approximate surface area is 118 Å². The zero-order valence-electron chi connectivity index (χ0n) is 12.7. The first-order chi connectivity index (χ1) is 8.65. The van der Waals surface area contributed by atoms with Gasteiger partial charge in [-0.2, -0.15) is 11.8 Å². The van der Waals surface area contributed by atoms with Crippen molar-refractivity contribution in [2.75, 3.05) is 31.6 Å². The molecule has 2 nitrogen and oxygen atoms in total. The minimum absolute atomic E-state index is 0.692. The molecule has 18 heavy (non-hydrogen) atoms. The summed E-state index contributed by atoms with van der Waals surface area (Å²) in [6, 6.07) is 1.41. The molecule has 108 valence electrons. The molecule has 0 aliphatic carbocycles. The van der Waals surface area contributed by atoms with Crippen LogP contribution in [0.5, 0.6) is 0 Å². The molecule has 0 aromatic carbocycles. The number of hydrogen-bond acceptors (Lipinski definition) is 3. The summed E-state index contributed by atoms with van der Waals surface area (Å²) < 4.78 is 0. The Bertz CT molecular complexity index is 209. The van der Waals surface area contributed by atoms with Crippen LogP contribution in [0.2, 0.25) is 0 Å². The Hall–Kier alpha value is 0.270. The molecule has 0 radical (unpaired) electrons. The van der Waals surface area contributed by atoms with E-state index in [2.05, 4.69) is 37.2 Å². The lowest BCUT2D eigenvalue weighted by Gasteiger charge is -2.40. The smallest absolute Gasteiger partial charge is 0.0218 e. The van der Waals surface area contributed by atoms with Gasteiger partial charge in [-0.25, -0.2) is 0 Å². The normalized spacial score (nSPS) is 25.8. The molecule has 1 rings (SSSR count). The third-order valence-corrected chi connectivity index (χ3v) is 4.78. The highest BCUT2D eigenvalue weighted by atomic mass is 32.2. The molecule has 1 heterocycles. The minimum atomic E-state index is 0.692. The molecule has 1 aliphatic rings.